The molecule has 0 aliphatic carbocycles. The maximum absolute atomic E-state index is 12.9. The highest BCUT2D eigenvalue weighted by atomic mass is 32.1. The van der Waals surface area contributed by atoms with E-state index in [0.717, 1.165) is 61.9 Å². The Kier molecular flexibility index (Phi) is 6.11. The van der Waals surface area contributed by atoms with E-state index < -0.39 is 0 Å². The second-order valence-corrected chi connectivity index (χ2v) is 8.48. The van der Waals surface area contributed by atoms with Crippen molar-refractivity contribution in [1.29, 1.82) is 0 Å². The van der Waals surface area contributed by atoms with E-state index in [1.54, 1.807) is 11.3 Å². The molecule has 4 rings (SSSR count). The molecule has 3 aromatic rings. The van der Waals surface area contributed by atoms with Crippen LogP contribution in [0, 0.1) is 0 Å². The van der Waals surface area contributed by atoms with Gasteiger partial charge in [0.15, 0.2) is 0 Å². The third-order valence-corrected chi connectivity index (χ3v) is 6.62. The molecule has 1 saturated heterocycles. The van der Waals surface area contributed by atoms with Gasteiger partial charge in [-0.2, -0.15) is 0 Å². The molecule has 2 aromatic carbocycles. The number of hydrogen-bond donors (Lipinski definition) is 0. The number of carbonyl (C=O) groups is 1. The molecule has 1 aliphatic rings. The minimum absolute atomic E-state index is 0.135. The Labute approximate surface area is 176 Å². The van der Waals surface area contributed by atoms with Crippen molar-refractivity contribution in [1.82, 2.24) is 14.8 Å². The lowest BCUT2D eigenvalue weighted by Crippen LogP contribution is -2.48. The first-order chi connectivity index (χ1) is 14.2. The monoisotopic (exact) mass is 408 g/mol. The number of piperazine rings is 1. The van der Waals surface area contributed by atoms with Crippen LogP contribution >= 0.6 is 11.3 Å². The van der Waals surface area contributed by atoms with Crippen molar-refractivity contribution in [3.8, 4) is 0 Å². The van der Waals surface area contributed by atoms with E-state index in [-0.39, 0.29) is 5.91 Å². The van der Waals surface area contributed by atoms with E-state index in [4.69, 9.17) is 4.98 Å². The molecule has 0 bridgehead atoms. The van der Waals surface area contributed by atoms with Crippen LogP contribution in [-0.4, -0.2) is 60.0 Å². The lowest BCUT2D eigenvalue weighted by atomic mass is 10.1. The van der Waals surface area contributed by atoms with Crippen LogP contribution in [0.2, 0.25) is 0 Å². The highest BCUT2D eigenvalue weighted by Crippen LogP contribution is 2.23. The molecule has 0 N–H and O–H groups in total. The normalized spacial score (nSPS) is 15.0. The summed E-state index contributed by atoms with van der Waals surface area (Å²) in [5, 5.41) is 1.15. The Balaban J connectivity index is 1.33. The van der Waals surface area contributed by atoms with Crippen LogP contribution in [0.5, 0.6) is 0 Å². The number of rotatable bonds is 6. The molecule has 1 amide bonds. The summed E-state index contributed by atoms with van der Waals surface area (Å²) >= 11 is 1.76. The molecule has 29 heavy (non-hydrogen) atoms. The third-order valence-electron chi connectivity index (χ3n) is 5.60. The zero-order valence-corrected chi connectivity index (χ0v) is 18.0. The fourth-order valence-electron chi connectivity index (χ4n) is 3.87. The van der Waals surface area contributed by atoms with Crippen LogP contribution in [0.1, 0.15) is 29.2 Å². The summed E-state index contributed by atoms with van der Waals surface area (Å²) in [6, 6.07) is 16.3. The van der Waals surface area contributed by atoms with Crippen molar-refractivity contribution in [3.63, 3.8) is 0 Å². The van der Waals surface area contributed by atoms with E-state index in [2.05, 4.69) is 54.0 Å². The summed E-state index contributed by atoms with van der Waals surface area (Å²) in [5.74, 6) is 0.135. The molecule has 0 saturated carbocycles. The molecule has 1 aromatic heterocycles. The van der Waals surface area contributed by atoms with Gasteiger partial charge in [0.1, 0.15) is 5.01 Å². The van der Waals surface area contributed by atoms with Gasteiger partial charge in [-0.1, -0.05) is 12.1 Å². The van der Waals surface area contributed by atoms with Gasteiger partial charge in [0, 0.05) is 50.5 Å². The molecule has 0 radical (unpaired) electrons. The third kappa shape index (κ3) is 4.43. The van der Waals surface area contributed by atoms with E-state index >= 15 is 0 Å². The lowest BCUT2D eigenvalue weighted by Gasteiger charge is -2.34. The molecule has 0 spiro atoms. The molecule has 1 fully saturated rings. The van der Waals surface area contributed by atoms with Gasteiger partial charge in [0.25, 0.3) is 5.91 Å². The average molecular weight is 409 g/mol. The van der Waals surface area contributed by atoms with Crippen molar-refractivity contribution in [2.45, 2.75) is 20.4 Å². The largest absolute Gasteiger partial charge is 0.372 e. The molecular formula is C23H28N4OS. The number of para-hydroxylation sites is 1. The van der Waals surface area contributed by atoms with E-state index in [1.165, 1.54) is 10.4 Å². The predicted molar refractivity (Wildman–Crippen MR) is 121 cm³/mol. The van der Waals surface area contributed by atoms with Gasteiger partial charge < -0.3 is 9.80 Å². The van der Waals surface area contributed by atoms with Crippen LogP contribution in [0.25, 0.3) is 10.2 Å². The number of nitrogens with zero attached hydrogens (tertiary/aromatic N) is 4. The molecular weight excluding hydrogens is 380 g/mol. The molecule has 152 valence electrons. The minimum Gasteiger partial charge on any atom is -0.372 e. The summed E-state index contributed by atoms with van der Waals surface area (Å²) in [7, 11) is 0. The van der Waals surface area contributed by atoms with E-state index in [1.807, 2.05) is 23.1 Å². The Bertz CT molecular complexity index is 923. The minimum atomic E-state index is 0.135. The summed E-state index contributed by atoms with van der Waals surface area (Å²) in [6.07, 6.45) is 0. The van der Waals surface area contributed by atoms with E-state index in [9.17, 15) is 4.79 Å². The summed E-state index contributed by atoms with van der Waals surface area (Å²) < 4.78 is 1.24. The number of carbonyl (C=O) groups excluding carboxylic acids is 1. The van der Waals surface area contributed by atoms with Gasteiger partial charge in [-0.15, -0.1) is 11.3 Å². The van der Waals surface area contributed by atoms with Crippen LogP contribution in [0.15, 0.2) is 48.5 Å². The quantitative estimate of drug-likeness (QED) is 0.616. The van der Waals surface area contributed by atoms with Crippen molar-refractivity contribution in [2.24, 2.45) is 0 Å². The number of amides is 1. The number of fused-ring (bicyclic) bond motifs is 1. The lowest BCUT2D eigenvalue weighted by molar-refractivity contribution is 0.0628. The van der Waals surface area contributed by atoms with Crippen LogP contribution in [-0.2, 0) is 6.54 Å². The smallest absolute Gasteiger partial charge is 0.253 e. The Morgan fingerprint density at radius 1 is 1.00 bits per heavy atom. The molecule has 0 atom stereocenters. The fourth-order valence-corrected chi connectivity index (χ4v) is 4.88. The Hall–Kier alpha value is -2.44. The highest BCUT2D eigenvalue weighted by Gasteiger charge is 2.23. The van der Waals surface area contributed by atoms with Gasteiger partial charge in [0.2, 0.25) is 0 Å². The first-order valence-electron chi connectivity index (χ1n) is 10.4. The van der Waals surface area contributed by atoms with Gasteiger partial charge in [-0.05, 0) is 50.2 Å². The number of benzene rings is 2. The van der Waals surface area contributed by atoms with Crippen molar-refractivity contribution in [2.75, 3.05) is 44.2 Å². The van der Waals surface area contributed by atoms with Crippen LogP contribution < -0.4 is 4.90 Å². The first-order valence-corrected chi connectivity index (χ1v) is 11.2. The Morgan fingerprint density at radius 3 is 2.34 bits per heavy atom. The highest BCUT2D eigenvalue weighted by molar-refractivity contribution is 7.18. The van der Waals surface area contributed by atoms with Crippen LogP contribution in [0.4, 0.5) is 5.69 Å². The van der Waals surface area contributed by atoms with Gasteiger partial charge in [-0.3, -0.25) is 9.69 Å². The zero-order chi connectivity index (χ0) is 20.2. The summed E-state index contributed by atoms with van der Waals surface area (Å²) in [4.78, 5) is 24.3. The fraction of sp³-hybridized carbons (Fsp3) is 0.391. The van der Waals surface area contributed by atoms with E-state index in [0.29, 0.717) is 0 Å². The van der Waals surface area contributed by atoms with Crippen molar-refractivity contribution < 1.29 is 4.79 Å². The molecule has 6 heteroatoms. The maximum atomic E-state index is 12.9. The summed E-state index contributed by atoms with van der Waals surface area (Å²) in [5.41, 5.74) is 3.03. The number of hydrogen-bond acceptors (Lipinski definition) is 5. The van der Waals surface area contributed by atoms with Gasteiger partial charge in [0.05, 0.1) is 16.8 Å². The molecule has 1 aliphatic heterocycles. The van der Waals surface area contributed by atoms with Crippen molar-refractivity contribution in [3.05, 3.63) is 59.1 Å². The number of aromatic nitrogens is 1. The molecule has 5 nitrogen and oxygen atoms in total. The standard InChI is InChI=1S/C23H28N4OS/c1-3-26(4-2)19-11-9-18(10-12-19)23(28)27-15-13-25(14-16-27)17-22-24-20-7-5-6-8-21(20)29-22/h5-12H,3-4,13-17H2,1-2H3. The second-order valence-electron chi connectivity index (χ2n) is 7.36. The topological polar surface area (TPSA) is 39.7 Å². The molecule has 0 unspecified atom stereocenters. The number of anilines is 1. The van der Waals surface area contributed by atoms with Gasteiger partial charge >= 0.3 is 0 Å². The SMILES string of the molecule is CCN(CC)c1ccc(C(=O)N2CCN(Cc3nc4ccccc4s3)CC2)cc1. The average Bonchev–Trinajstić information content (AvgIpc) is 3.17. The first kappa shape index (κ1) is 19.9. The second kappa shape index (κ2) is 8.93. The van der Waals surface area contributed by atoms with Gasteiger partial charge in [-0.25, -0.2) is 4.98 Å². The molecule has 2 heterocycles. The summed E-state index contributed by atoms with van der Waals surface area (Å²) in [6.45, 7) is 10.4. The number of thiazole rings is 1. The Morgan fingerprint density at radius 2 is 1.69 bits per heavy atom. The van der Waals surface area contributed by atoms with Crippen LogP contribution in [0.3, 0.4) is 0 Å². The van der Waals surface area contributed by atoms with Crippen molar-refractivity contribution >= 4 is 33.1 Å². The maximum Gasteiger partial charge on any atom is 0.253 e. The zero-order valence-electron chi connectivity index (χ0n) is 17.2. The predicted octanol–water partition coefficient (Wildman–Crippen LogP) is 4.10.